The van der Waals surface area contributed by atoms with E-state index in [1.807, 2.05) is 28.3 Å². The van der Waals surface area contributed by atoms with Crippen LogP contribution in [0.1, 0.15) is 30.3 Å². The number of nitrogens with two attached hydrogens (primary N) is 1. The van der Waals surface area contributed by atoms with E-state index in [1.165, 1.54) is 6.42 Å². The van der Waals surface area contributed by atoms with Crippen LogP contribution in [0.25, 0.3) is 5.70 Å². The van der Waals surface area contributed by atoms with Gasteiger partial charge in [-0.1, -0.05) is 11.8 Å². The number of carbonyl (C=O) groups is 1. The zero-order valence-electron chi connectivity index (χ0n) is 13.4. The van der Waals surface area contributed by atoms with Gasteiger partial charge in [-0.05, 0) is 18.2 Å². The van der Waals surface area contributed by atoms with Crippen LogP contribution < -0.4 is 20.8 Å². The zero-order chi connectivity index (χ0) is 16.8. The highest BCUT2D eigenvalue weighted by Crippen LogP contribution is 2.34. The first-order valence-electron chi connectivity index (χ1n) is 8.27. The molecule has 1 fully saturated rings. The maximum Gasteiger partial charge on any atom is 0.262 e. The number of nitrogens with zero attached hydrogens (tertiary/aromatic N) is 3. The second kappa shape index (κ2) is 5.78. The van der Waals surface area contributed by atoms with Crippen LogP contribution in [0.4, 0.5) is 5.69 Å². The van der Waals surface area contributed by atoms with E-state index in [2.05, 4.69) is 26.3 Å². The second-order valence-corrected chi connectivity index (χ2v) is 7.09. The van der Waals surface area contributed by atoms with E-state index in [0.29, 0.717) is 17.5 Å². The van der Waals surface area contributed by atoms with Gasteiger partial charge in [0.05, 0.1) is 17.9 Å². The molecule has 0 saturated carbocycles. The Morgan fingerprint density at radius 3 is 3.20 bits per heavy atom. The molecule has 1 amide bonds. The maximum absolute atomic E-state index is 11.5. The number of hydrogen-bond acceptors (Lipinski definition) is 6. The van der Waals surface area contributed by atoms with Gasteiger partial charge in [0, 0.05) is 23.8 Å². The molecule has 5 rings (SSSR count). The van der Waals surface area contributed by atoms with Gasteiger partial charge in [-0.25, -0.2) is 4.68 Å². The summed E-state index contributed by atoms with van der Waals surface area (Å²) in [6.45, 7) is 1.20. The molecule has 128 valence electrons. The summed E-state index contributed by atoms with van der Waals surface area (Å²) < 4.78 is 7.40. The SMILES string of the molecule is O=C1COc2ccc(C3=CSc4nnc([C@H]5CCC[NH2+]5)n4N3)cc2N1. The Bertz CT molecular complexity index is 887. The molecule has 8 nitrogen and oxygen atoms in total. The van der Waals surface area contributed by atoms with Gasteiger partial charge in [-0.2, -0.15) is 0 Å². The van der Waals surface area contributed by atoms with Crippen LogP contribution >= 0.6 is 11.8 Å². The van der Waals surface area contributed by atoms with E-state index in [9.17, 15) is 4.79 Å². The fourth-order valence-corrected chi connectivity index (χ4v) is 4.10. The van der Waals surface area contributed by atoms with Crippen LogP contribution in [0.2, 0.25) is 0 Å². The van der Waals surface area contributed by atoms with Gasteiger partial charge in [0.25, 0.3) is 5.91 Å². The molecular formula is C16H17N6O2S+. The van der Waals surface area contributed by atoms with Crippen molar-refractivity contribution in [3.63, 3.8) is 0 Å². The first kappa shape index (κ1) is 14.8. The van der Waals surface area contributed by atoms with Gasteiger partial charge in [-0.15, -0.1) is 10.2 Å². The van der Waals surface area contributed by atoms with Crippen LogP contribution in [0, 0.1) is 0 Å². The summed E-state index contributed by atoms with van der Waals surface area (Å²) in [6, 6.07) is 6.13. The molecule has 9 heteroatoms. The molecule has 1 aromatic heterocycles. The van der Waals surface area contributed by atoms with Crippen molar-refractivity contribution in [3.05, 3.63) is 35.0 Å². The molecule has 3 aliphatic rings. The highest BCUT2D eigenvalue weighted by Gasteiger charge is 2.29. The number of nitrogens with one attached hydrogen (secondary N) is 2. The van der Waals surface area contributed by atoms with Gasteiger partial charge in [-0.3, -0.25) is 10.2 Å². The van der Waals surface area contributed by atoms with Gasteiger partial charge in [0.2, 0.25) is 11.0 Å². The molecule has 0 unspecified atom stereocenters. The summed E-state index contributed by atoms with van der Waals surface area (Å²) >= 11 is 1.54. The summed E-state index contributed by atoms with van der Waals surface area (Å²) in [5.74, 6) is 1.52. The molecule has 0 bridgehead atoms. The number of aromatic nitrogens is 3. The quantitative estimate of drug-likeness (QED) is 0.730. The minimum atomic E-state index is -0.134. The number of rotatable bonds is 2. The molecule has 4 heterocycles. The standard InChI is InChI=1S/C16H16N6O2S/c23-14-7-24-13-4-3-9(6-11(13)18-14)12-8-25-16-20-19-15(22(16)21-12)10-2-1-5-17-10/h3-4,6,8,10,17,21H,1-2,5,7H2,(H,18,23)/p+1/t10-/m1/s1. The van der Waals surface area contributed by atoms with Gasteiger partial charge < -0.3 is 15.4 Å². The third-order valence-corrected chi connectivity index (χ3v) is 5.43. The van der Waals surface area contributed by atoms with E-state index >= 15 is 0 Å². The topological polar surface area (TPSA) is 97.7 Å². The van der Waals surface area contributed by atoms with Crippen LogP contribution in [0.3, 0.4) is 0 Å². The molecule has 4 N–H and O–H groups in total. The van der Waals surface area contributed by atoms with Crippen molar-refractivity contribution in [2.75, 3.05) is 23.9 Å². The fourth-order valence-electron chi connectivity index (χ4n) is 3.35. The molecular weight excluding hydrogens is 340 g/mol. The maximum atomic E-state index is 11.5. The molecule has 0 radical (unpaired) electrons. The summed E-state index contributed by atoms with van der Waals surface area (Å²) in [6.07, 6.45) is 2.32. The number of amides is 1. The number of hydrogen-bond donors (Lipinski definition) is 3. The van der Waals surface area contributed by atoms with Crippen LogP contribution in [-0.4, -0.2) is 33.9 Å². The number of carbonyl (C=O) groups excluding carboxylic acids is 1. The van der Waals surface area contributed by atoms with Crippen molar-refractivity contribution in [3.8, 4) is 5.75 Å². The number of ether oxygens (including phenoxy) is 1. The number of fused-ring (bicyclic) bond motifs is 2. The lowest BCUT2D eigenvalue weighted by Crippen LogP contribution is -2.82. The highest BCUT2D eigenvalue weighted by molar-refractivity contribution is 8.02. The molecule has 3 aliphatic heterocycles. The smallest absolute Gasteiger partial charge is 0.262 e. The summed E-state index contributed by atoms with van der Waals surface area (Å²) in [5.41, 5.74) is 6.02. The Hall–Kier alpha value is -2.52. The monoisotopic (exact) mass is 357 g/mol. The van der Waals surface area contributed by atoms with Crippen LogP contribution in [0.15, 0.2) is 28.8 Å². The number of quaternary nitrogens is 1. The number of benzene rings is 1. The molecule has 0 aliphatic carbocycles. The minimum absolute atomic E-state index is 0.0639. The van der Waals surface area contributed by atoms with E-state index in [1.54, 1.807) is 11.8 Å². The average Bonchev–Trinajstić information content (AvgIpc) is 3.29. The summed E-state index contributed by atoms with van der Waals surface area (Å²) in [5, 5.41) is 16.7. The Labute approximate surface area is 148 Å². The predicted octanol–water partition coefficient (Wildman–Crippen LogP) is 0.655. The Morgan fingerprint density at radius 1 is 1.36 bits per heavy atom. The van der Waals surface area contributed by atoms with Crippen molar-refractivity contribution < 1.29 is 14.8 Å². The van der Waals surface area contributed by atoms with E-state index in [-0.39, 0.29) is 12.5 Å². The Kier molecular flexibility index (Phi) is 3.42. The molecule has 1 aromatic carbocycles. The summed E-state index contributed by atoms with van der Waals surface area (Å²) in [4.78, 5) is 11.5. The molecule has 25 heavy (non-hydrogen) atoms. The predicted molar refractivity (Wildman–Crippen MR) is 92.6 cm³/mol. The number of thioether (sulfide) groups is 1. The van der Waals surface area contributed by atoms with Crippen LogP contribution in [-0.2, 0) is 4.79 Å². The normalized spacial score (nSPS) is 21.5. The molecule has 1 atom stereocenters. The van der Waals surface area contributed by atoms with Crippen molar-refractivity contribution >= 4 is 29.1 Å². The van der Waals surface area contributed by atoms with E-state index < -0.39 is 0 Å². The third kappa shape index (κ3) is 2.56. The highest BCUT2D eigenvalue weighted by atomic mass is 32.2. The summed E-state index contributed by atoms with van der Waals surface area (Å²) in [7, 11) is 0. The van der Waals surface area contributed by atoms with Crippen LogP contribution in [0.5, 0.6) is 5.75 Å². The van der Waals surface area contributed by atoms with Gasteiger partial charge >= 0.3 is 0 Å². The largest absolute Gasteiger partial charge is 0.482 e. The Morgan fingerprint density at radius 2 is 2.32 bits per heavy atom. The lowest BCUT2D eigenvalue weighted by Gasteiger charge is -2.22. The minimum Gasteiger partial charge on any atom is -0.482 e. The lowest BCUT2D eigenvalue weighted by molar-refractivity contribution is -0.677. The first-order valence-corrected chi connectivity index (χ1v) is 9.15. The van der Waals surface area contributed by atoms with E-state index in [0.717, 1.165) is 35.2 Å². The lowest BCUT2D eigenvalue weighted by atomic mass is 10.1. The van der Waals surface area contributed by atoms with Crippen molar-refractivity contribution in [1.29, 1.82) is 0 Å². The molecule has 1 saturated heterocycles. The second-order valence-electron chi connectivity index (χ2n) is 6.26. The first-order chi connectivity index (χ1) is 12.3. The van der Waals surface area contributed by atoms with Crippen molar-refractivity contribution in [1.82, 2.24) is 14.9 Å². The zero-order valence-corrected chi connectivity index (χ0v) is 14.2. The molecule has 2 aromatic rings. The number of anilines is 1. The van der Waals surface area contributed by atoms with E-state index in [4.69, 9.17) is 4.74 Å². The van der Waals surface area contributed by atoms with Gasteiger partial charge in [0.15, 0.2) is 6.61 Å². The van der Waals surface area contributed by atoms with Gasteiger partial charge in [0.1, 0.15) is 11.8 Å². The third-order valence-electron chi connectivity index (χ3n) is 4.60. The van der Waals surface area contributed by atoms with Crippen molar-refractivity contribution in [2.24, 2.45) is 0 Å². The molecule has 0 spiro atoms. The fraction of sp³-hybridized carbons (Fsp3) is 0.312. The average molecular weight is 357 g/mol. The Balaban J connectivity index is 1.45. The van der Waals surface area contributed by atoms with Crippen molar-refractivity contribution in [2.45, 2.75) is 24.0 Å².